The predicted molar refractivity (Wildman–Crippen MR) is 120 cm³/mol. The summed E-state index contributed by atoms with van der Waals surface area (Å²) >= 11 is 1.44. The van der Waals surface area contributed by atoms with E-state index in [0.717, 1.165) is 48.1 Å². The highest BCUT2D eigenvalue weighted by molar-refractivity contribution is 7.16. The van der Waals surface area contributed by atoms with Crippen LogP contribution >= 0.6 is 11.3 Å². The van der Waals surface area contributed by atoms with Gasteiger partial charge in [0.15, 0.2) is 6.61 Å². The molecule has 32 heavy (non-hydrogen) atoms. The Balaban J connectivity index is 1.30. The Morgan fingerprint density at radius 1 is 1.19 bits per heavy atom. The molecule has 0 radical (unpaired) electrons. The summed E-state index contributed by atoms with van der Waals surface area (Å²) in [6.07, 6.45) is 5.15. The van der Waals surface area contributed by atoms with Crippen LogP contribution in [0.4, 0.5) is 5.00 Å². The van der Waals surface area contributed by atoms with Gasteiger partial charge in [0.1, 0.15) is 11.1 Å². The van der Waals surface area contributed by atoms with E-state index in [1.165, 1.54) is 11.3 Å². The molecule has 2 heterocycles. The first-order valence-electron chi connectivity index (χ1n) is 10.9. The molecule has 1 N–H and O–H groups in total. The number of ether oxygens (including phenoxy) is 1. The number of nitrogens with zero attached hydrogens (tertiary/aromatic N) is 2. The van der Waals surface area contributed by atoms with Gasteiger partial charge in [-0.25, -0.2) is 0 Å². The molecule has 1 aromatic heterocycles. The third kappa shape index (κ3) is 5.00. The topological polar surface area (TPSA) is 99.5 Å². The SMILES string of the molecule is N#Cc1c(NC(=O)COC(=O)[C@H]2CC(=O)N(Cc3ccccc3)C2)sc2c1CCCCC2. The molecule has 4 rings (SSSR count). The molecule has 2 aromatic rings. The summed E-state index contributed by atoms with van der Waals surface area (Å²) < 4.78 is 5.19. The van der Waals surface area contributed by atoms with Crippen LogP contribution in [0.15, 0.2) is 30.3 Å². The number of esters is 1. The van der Waals surface area contributed by atoms with E-state index in [-0.39, 0.29) is 18.9 Å². The molecule has 0 bridgehead atoms. The van der Waals surface area contributed by atoms with Crippen molar-refractivity contribution in [1.82, 2.24) is 4.90 Å². The minimum atomic E-state index is -0.577. The molecule has 166 valence electrons. The van der Waals surface area contributed by atoms with Gasteiger partial charge in [0.05, 0.1) is 11.5 Å². The fourth-order valence-corrected chi connectivity index (χ4v) is 5.51. The largest absolute Gasteiger partial charge is 0.455 e. The zero-order valence-corrected chi connectivity index (χ0v) is 18.6. The van der Waals surface area contributed by atoms with Gasteiger partial charge >= 0.3 is 5.97 Å². The van der Waals surface area contributed by atoms with Crippen molar-refractivity contribution in [2.24, 2.45) is 5.92 Å². The van der Waals surface area contributed by atoms with Crippen molar-refractivity contribution in [3.63, 3.8) is 0 Å². The zero-order chi connectivity index (χ0) is 22.5. The first kappa shape index (κ1) is 22.0. The minimum absolute atomic E-state index is 0.0868. The molecule has 1 fully saturated rings. The Morgan fingerprint density at radius 3 is 2.75 bits per heavy atom. The number of hydrogen-bond donors (Lipinski definition) is 1. The minimum Gasteiger partial charge on any atom is -0.455 e. The standard InChI is InChI=1S/C24H25N3O4S/c25-12-19-18-9-5-2-6-10-20(18)32-23(19)26-21(28)15-31-24(30)17-11-22(29)27(14-17)13-16-7-3-1-4-8-16/h1,3-4,7-8,17H,2,5-6,9-11,13-15H2,(H,26,28)/t17-/m0/s1. The first-order chi connectivity index (χ1) is 15.5. The van der Waals surface area contributed by atoms with Crippen LogP contribution in [0.1, 0.15) is 47.3 Å². The average molecular weight is 452 g/mol. The summed E-state index contributed by atoms with van der Waals surface area (Å²) in [6, 6.07) is 11.8. The second-order valence-electron chi connectivity index (χ2n) is 8.20. The van der Waals surface area contributed by atoms with E-state index in [9.17, 15) is 19.6 Å². The monoisotopic (exact) mass is 451 g/mol. The van der Waals surface area contributed by atoms with Crippen LogP contribution < -0.4 is 5.32 Å². The van der Waals surface area contributed by atoms with Gasteiger partial charge in [-0.2, -0.15) is 5.26 Å². The number of nitrogens with one attached hydrogen (secondary N) is 1. The normalized spacial score (nSPS) is 17.9. The number of aryl methyl sites for hydroxylation is 1. The van der Waals surface area contributed by atoms with Gasteiger partial charge in [0, 0.05) is 24.4 Å². The number of carbonyl (C=O) groups excluding carboxylic acids is 3. The van der Waals surface area contributed by atoms with Crippen molar-refractivity contribution >= 4 is 34.1 Å². The van der Waals surface area contributed by atoms with E-state index in [1.54, 1.807) is 4.90 Å². The molecule has 1 aliphatic carbocycles. The number of benzene rings is 1. The fourth-order valence-electron chi connectivity index (χ4n) is 4.25. The molecule has 7 nitrogen and oxygen atoms in total. The molecule has 0 spiro atoms. The Labute approximate surface area is 191 Å². The molecular formula is C24H25N3O4S. The summed E-state index contributed by atoms with van der Waals surface area (Å²) in [6.45, 7) is 0.296. The summed E-state index contributed by atoms with van der Waals surface area (Å²) in [5.74, 6) is -1.70. The van der Waals surface area contributed by atoms with Crippen molar-refractivity contribution in [2.75, 3.05) is 18.5 Å². The molecule has 1 aliphatic heterocycles. The van der Waals surface area contributed by atoms with E-state index in [1.807, 2.05) is 30.3 Å². The number of likely N-dealkylation sites (tertiary alicyclic amines) is 1. The summed E-state index contributed by atoms with van der Waals surface area (Å²) in [4.78, 5) is 39.9. The summed E-state index contributed by atoms with van der Waals surface area (Å²) in [5.41, 5.74) is 2.58. The highest BCUT2D eigenvalue weighted by Crippen LogP contribution is 2.37. The van der Waals surface area contributed by atoms with Crippen LogP contribution in [0.25, 0.3) is 0 Å². The lowest BCUT2D eigenvalue weighted by Crippen LogP contribution is -2.28. The number of anilines is 1. The van der Waals surface area contributed by atoms with E-state index >= 15 is 0 Å². The molecule has 1 atom stereocenters. The van der Waals surface area contributed by atoms with Gasteiger partial charge in [-0.3, -0.25) is 14.4 Å². The number of thiophene rings is 1. The Kier molecular flexibility index (Phi) is 6.86. The van der Waals surface area contributed by atoms with Gasteiger partial charge in [-0.15, -0.1) is 11.3 Å². The van der Waals surface area contributed by atoms with Gasteiger partial charge in [-0.1, -0.05) is 36.8 Å². The summed E-state index contributed by atoms with van der Waals surface area (Å²) in [5, 5.41) is 12.8. The second kappa shape index (κ2) is 9.96. The number of nitriles is 1. The van der Waals surface area contributed by atoms with Gasteiger partial charge < -0.3 is 15.0 Å². The van der Waals surface area contributed by atoms with E-state index < -0.39 is 24.4 Å². The number of amides is 2. The lowest BCUT2D eigenvalue weighted by molar-refractivity contribution is -0.151. The number of rotatable bonds is 6. The fraction of sp³-hybridized carbons (Fsp3) is 0.417. The van der Waals surface area contributed by atoms with E-state index in [0.29, 0.717) is 17.1 Å². The third-order valence-electron chi connectivity index (χ3n) is 5.90. The third-order valence-corrected chi connectivity index (χ3v) is 7.10. The smallest absolute Gasteiger partial charge is 0.311 e. The van der Waals surface area contributed by atoms with E-state index in [4.69, 9.17) is 4.74 Å². The molecule has 0 saturated carbocycles. The maximum atomic E-state index is 12.4. The lowest BCUT2D eigenvalue weighted by atomic mass is 10.1. The van der Waals surface area contributed by atoms with Crippen LogP contribution in [0, 0.1) is 17.2 Å². The molecule has 2 aliphatic rings. The van der Waals surface area contributed by atoms with Gasteiger partial charge in [-0.05, 0) is 36.8 Å². The van der Waals surface area contributed by atoms with Gasteiger partial charge in [0.2, 0.25) is 5.91 Å². The second-order valence-corrected chi connectivity index (χ2v) is 9.30. The highest BCUT2D eigenvalue weighted by Gasteiger charge is 2.35. The van der Waals surface area contributed by atoms with Crippen molar-refractivity contribution < 1.29 is 19.1 Å². The Bertz CT molecular complexity index is 1060. The molecule has 8 heteroatoms. The van der Waals surface area contributed by atoms with Crippen LogP contribution in [-0.2, 0) is 38.5 Å². The molecule has 0 unspecified atom stereocenters. The number of hydrogen-bond acceptors (Lipinski definition) is 6. The number of carbonyl (C=O) groups is 3. The van der Waals surface area contributed by atoms with Crippen molar-refractivity contribution in [3.05, 3.63) is 51.9 Å². The van der Waals surface area contributed by atoms with Crippen molar-refractivity contribution in [2.45, 2.75) is 45.1 Å². The molecule has 2 amide bonds. The van der Waals surface area contributed by atoms with E-state index in [2.05, 4.69) is 11.4 Å². The molecule has 1 aromatic carbocycles. The zero-order valence-electron chi connectivity index (χ0n) is 17.8. The molecule has 1 saturated heterocycles. The first-order valence-corrected chi connectivity index (χ1v) is 11.7. The van der Waals surface area contributed by atoms with Gasteiger partial charge in [0.25, 0.3) is 5.91 Å². The van der Waals surface area contributed by atoms with Crippen LogP contribution in [-0.4, -0.2) is 35.8 Å². The lowest BCUT2D eigenvalue weighted by Gasteiger charge is -2.16. The summed E-state index contributed by atoms with van der Waals surface area (Å²) in [7, 11) is 0. The van der Waals surface area contributed by atoms with Crippen molar-refractivity contribution in [3.8, 4) is 6.07 Å². The average Bonchev–Trinajstić information content (AvgIpc) is 3.22. The number of fused-ring (bicyclic) bond motifs is 1. The maximum absolute atomic E-state index is 12.4. The highest BCUT2D eigenvalue weighted by atomic mass is 32.1. The quantitative estimate of drug-likeness (QED) is 0.536. The Hall–Kier alpha value is -3.18. The van der Waals surface area contributed by atoms with Crippen LogP contribution in [0.3, 0.4) is 0 Å². The molecular weight excluding hydrogens is 426 g/mol. The van der Waals surface area contributed by atoms with Crippen LogP contribution in [0.2, 0.25) is 0 Å². The van der Waals surface area contributed by atoms with Crippen LogP contribution in [0.5, 0.6) is 0 Å². The maximum Gasteiger partial charge on any atom is 0.311 e. The van der Waals surface area contributed by atoms with Crippen molar-refractivity contribution in [1.29, 1.82) is 5.26 Å². The predicted octanol–water partition coefficient (Wildman–Crippen LogP) is 3.42. The Morgan fingerprint density at radius 2 is 1.97 bits per heavy atom.